The Hall–Kier alpha value is -3.02. The number of benzene rings is 1. The van der Waals surface area contributed by atoms with Crippen molar-refractivity contribution in [1.29, 1.82) is 0 Å². The minimum atomic E-state index is -0.427. The average molecular weight is 266 g/mol. The van der Waals surface area contributed by atoms with Crippen LogP contribution in [-0.4, -0.2) is 20.1 Å². The van der Waals surface area contributed by atoms with Crippen molar-refractivity contribution in [2.45, 2.75) is 0 Å². The van der Waals surface area contributed by atoms with Crippen LogP contribution in [0.1, 0.15) is 11.4 Å². The molecule has 2 aromatic heterocycles. The molecule has 0 bridgehead atoms. The highest BCUT2D eigenvalue weighted by molar-refractivity contribution is 5.90. The van der Waals surface area contributed by atoms with E-state index in [0.717, 1.165) is 16.8 Å². The summed E-state index contributed by atoms with van der Waals surface area (Å²) in [6.07, 6.45) is 5.38. The van der Waals surface area contributed by atoms with E-state index in [1.165, 1.54) is 12.1 Å². The Morgan fingerprint density at radius 3 is 2.85 bits per heavy atom. The van der Waals surface area contributed by atoms with Crippen molar-refractivity contribution in [2.75, 3.05) is 0 Å². The van der Waals surface area contributed by atoms with E-state index in [2.05, 4.69) is 15.2 Å². The molecular weight excluding hydrogens is 256 g/mol. The van der Waals surface area contributed by atoms with Crippen LogP contribution in [0, 0.1) is 10.1 Å². The van der Waals surface area contributed by atoms with E-state index in [9.17, 15) is 10.1 Å². The molecule has 0 aliphatic heterocycles. The third kappa shape index (κ3) is 2.26. The fraction of sp³-hybridized carbons (Fsp3) is 0. The molecule has 0 unspecified atom stereocenters. The summed E-state index contributed by atoms with van der Waals surface area (Å²) in [6, 6.07) is 10.3. The van der Waals surface area contributed by atoms with Crippen LogP contribution in [-0.2, 0) is 0 Å². The third-order valence-corrected chi connectivity index (χ3v) is 2.89. The van der Waals surface area contributed by atoms with Crippen molar-refractivity contribution in [1.82, 2.24) is 15.2 Å². The minimum absolute atomic E-state index is 0.0430. The van der Waals surface area contributed by atoms with E-state index >= 15 is 0 Å². The van der Waals surface area contributed by atoms with Crippen LogP contribution in [0.2, 0.25) is 0 Å². The number of fused-ring (bicyclic) bond motifs is 1. The van der Waals surface area contributed by atoms with Crippen molar-refractivity contribution >= 4 is 28.7 Å². The number of nitro benzene ring substituents is 1. The number of aromatic nitrogens is 3. The number of nitro groups is 1. The molecule has 6 heteroatoms. The Morgan fingerprint density at radius 1 is 1.20 bits per heavy atom. The van der Waals surface area contributed by atoms with Crippen LogP contribution in [0.5, 0.6) is 0 Å². The Balaban J connectivity index is 1.97. The third-order valence-electron chi connectivity index (χ3n) is 2.89. The number of aromatic amines is 1. The molecule has 1 N–H and O–H groups in total. The van der Waals surface area contributed by atoms with Crippen LogP contribution >= 0.6 is 0 Å². The summed E-state index contributed by atoms with van der Waals surface area (Å²) in [5.74, 6) is 0. The van der Waals surface area contributed by atoms with Gasteiger partial charge in [-0.1, -0.05) is 6.07 Å². The van der Waals surface area contributed by atoms with Gasteiger partial charge in [-0.25, -0.2) is 0 Å². The molecule has 0 radical (unpaired) electrons. The number of H-pyrrole nitrogens is 1. The minimum Gasteiger partial charge on any atom is -0.277 e. The lowest BCUT2D eigenvalue weighted by Gasteiger charge is -1.92. The molecule has 0 amide bonds. The van der Waals surface area contributed by atoms with E-state index in [0.29, 0.717) is 5.52 Å². The van der Waals surface area contributed by atoms with E-state index in [4.69, 9.17) is 0 Å². The van der Waals surface area contributed by atoms with Gasteiger partial charge in [0.2, 0.25) is 0 Å². The predicted molar refractivity (Wildman–Crippen MR) is 75.9 cm³/mol. The van der Waals surface area contributed by atoms with Gasteiger partial charge < -0.3 is 0 Å². The molecule has 98 valence electrons. The summed E-state index contributed by atoms with van der Waals surface area (Å²) in [4.78, 5) is 14.5. The van der Waals surface area contributed by atoms with Gasteiger partial charge in [0.15, 0.2) is 0 Å². The molecule has 3 rings (SSSR count). The fourth-order valence-corrected chi connectivity index (χ4v) is 1.91. The van der Waals surface area contributed by atoms with Gasteiger partial charge >= 0.3 is 0 Å². The van der Waals surface area contributed by atoms with Gasteiger partial charge in [-0.3, -0.25) is 20.2 Å². The largest absolute Gasteiger partial charge is 0.277 e. The molecule has 1 aromatic carbocycles. The summed E-state index contributed by atoms with van der Waals surface area (Å²) in [5.41, 5.74) is 2.23. The summed E-state index contributed by atoms with van der Waals surface area (Å²) in [6.45, 7) is 0. The highest BCUT2D eigenvalue weighted by Gasteiger charge is 2.09. The van der Waals surface area contributed by atoms with Crippen LogP contribution in [0.4, 0.5) is 5.69 Å². The van der Waals surface area contributed by atoms with Crippen LogP contribution in [0.25, 0.3) is 23.1 Å². The van der Waals surface area contributed by atoms with Crippen molar-refractivity contribution in [2.24, 2.45) is 0 Å². The summed E-state index contributed by atoms with van der Waals surface area (Å²) >= 11 is 0. The van der Waals surface area contributed by atoms with E-state index in [1.54, 1.807) is 12.3 Å². The van der Waals surface area contributed by atoms with Crippen LogP contribution in [0.3, 0.4) is 0 Å². The Bertz CT molecular complexity index is 793. The molecule has 0 spiro atoms. The Morgan fingerprint density at radius 2 is 2.10 bits per heavy atom. The van der Waals surface area contributed by atoms with Crippen molar-refractivity contribution in [3.8, 4) is 0 Å². The summed E-state index contributed by atoms with van der Waals surface area (Å²) < 4.78 is 0. The first-order valence-corrected chi connectivity index (χ1v) is 5.96. The molecule has 2 heterocycles. The number of pyridine rings is 1. The first-order valence-electron chi connectivity index (χ1n) is 5.96. The quantitative estimate of drug-likeness (QED) is 0.583. The number of hydrogen-bond donors (Lipinski definition) is 1. The molecule has 0 atom stereocenters. The second kappa shape index (κ2) is 4.93. The first-order chi connectivity index (χ1) is 9.74. The molecule has 20 heavy (non-hydrogen) atoms. The molecule has 3 aromatic rings. The zero-order valence-electron chi connectivity index (χ0n) is 10.4. The lowest BCUT2D eigenvalue weighted by molar-refractivity contribution is -0.384. The van der Waals surface area contributed by atoms with Crippen molar-refractivity contribution in [3.63, 3.8) is 0 Å². The normalized spacial score (nSPS) is 11.2. The molecular formula is C14H10N4O2. The lowest BCUT2D eigenvalue weighted by atomic mass is 10.2. The molecule has 6 nitrogen and oxygen atoms in total. The van der Waals surface area contributed by atoms with Gasteiger partial charge in [-0.2, -0.15) is 5.10 Å². The number of non-ortho nitro benzene ring substituents is 1. The Labute approximate surface area is 113 Å². The monoisotopic (exact) mass is 266 g/mol. The van der Waals surface area contributed by atoms with Gasteiger partial charge in [0.25, 0.3) is 5.69 Å². The van der Waals surface area contributed by atoms with Crippen molar-refractivity contribution < 1.29 is 4.92 Å². The van der Waals surface area contributed by atoms with E-state index < -0.39 is 4.92 Å². The Kier molecular flexibility index (Phi) is 2.96. The van der Waals surface area contributed by atoms with Crippen LogP contribution < -0.4 is 0 Å². The molecule has 0 aliphatic rings. The van der Waals surface area contributed by atoms with Gasteiger partial charge in [0.05, 0.1) is 21.8 Å². The highest BCUT2D eigenvalue weighted by Crippen LogP contribution is 2.22. The second-order valence-corrected chi connectivity index (χ2v) is 4.18. The van der Waals surface area contributed by atoms with Crippen molar-refractivity contribution in [3.05, 3.63) is 64.1 Å². The lowest BCUT2D eigenvalue weighted by Crippen LogP contribution is -1.86. The SMILES string of the molecule is O=[N+]([O-])c1ccc2c(/C=C/c3ccccn3)n[nH]c2c1. The van der Waals surface area contributed by atoms with Gasteiger partial charge in [-0.15, -0.1) is 0 Å². The molecule has 0 aliphatic carbocycles. The van der Waals surface area contributed by atoms with E-state index in [-0.39, 0.29) is 5.69 Å². The first kappa shape index (κ1) is 12.0. The predicted octanol–water partition coefficient (Wildman–Crippen LogP) is 3.04. The van der Waals surface area contributed by atoms with Gasteiger partial charge in [0.1, 0.15) is 0 Å². The standard InChI is InChI=1S/C14H10N4O2/c19-18(20)11-5-6-12-13(16-17-14(12)9-11)7-4-10-3-1-2-8-15-10/h1-9H,(H,16,17)/b7-4+. The maximum atomic E-state index is 10.7. The maximum Gasteiger partial charge on any atom is 0.271 e. The average Bonchev–Trinajstić information content (AvgIpc) is 2.88. The van der Waals surface area contributed by atoms with Gasteiger partial charge in [0, 0.05) is 23.7 Å². The molecule has 0 fully saturated rings. The van der Waals surface area contributed by atoms with Crippen LogP contribution in [0.15, 0.2) is 42.6 Å². The second-order valence-electron chi connectivity index (χ2n) is 4.18. The molecule has 0 saturated carbocycles. The number of nitrogens with zero attached hydrogens (tertiary/aromatic N) is 3. The number of hydrogen-bond acceptors (Lipinski definition) is 4. The topological polar surface area (TPSA) is 84.7 Å². The zero-order valence-corrected chi connectivity index (χ0v) is 10.4. The molecule has 0 saturated heterocycles. The zero-order chi connectivity index (χ0) is 13.9. The highest BCUT2D eigenvalue weighted by atomic mass is 16.6. The fourth-order valence-electron chi connectivity index (χ4n) is 1.91. The number of rotatable bonds is 3. The summed E-state index contributed by atoms with van der Waals surface area (Å²) in [5, 5.41) is 18.5. The number of nitrogens with one attached hydrogen (secondary N) is 1. The van der Waals surface area contributed by atoms with Gasteiger partial charge in [-0.05, 0) is 30.4 Å². The summed E-state index contributed by atoms with van der Waals surface area (Å²) in [7, 11) is 0. The van der Waals surface area contributed by atoms with E-state index in [1.807, 2.05) is 30.4 Å². The maximum absolute atomic E-state index is 10.7. The smallest absolute Gasteiger partial charge is 0.271 e.